The van der Waals surface area contributed by atoms with Crippen LogP contribution in [-0.2, 0) is 9.59 Å². The predicted octanol–water partition coefficient (Wildman–Crippen LogP) is 0.582. The minimum Gasteiger partial charge on any atom is -0.479 e. The highest BCUT2D eigenvalue weighted by Crippen LogP contribution is 2.35. The van der Waals surface area contributed by atoms with Crippen molar-refractivity contribution in [2.24, 2.45) is 0 Å². The van der Waals surface area contributed by atoms with E-state index in [0.29, 0.717) is 23.4 Å². The SMILES string of the molecule is CC1Oc2ccc(N)cc2N(CC=O)C1=O. The van der Waals surface area contributed by atoms with Crippen LogP contribution in [0.3, 0.4) is 0 Å². The molecule has 1 atom stereocenters. The second-order valence-corrected chi connectivity index (χ2v) is 3.60. The molecule has 0 aliphatic carbocycles. The molecule has 0 fully saturated rings. The van der Waals surface area contributed by atoms with Gasteiger partial charge in [-0.3, -0.25) is 9.69 Å². The Bertz CT molecular complexity index is 445. The van der Waals surface area contributed by atoms with Crippen molar-refractivity contribution >= 4 is 23.6 Å². The van der Waals surface area contributed by atoms with E-state index in [2.05, 4.69) is 0 Å². The monoisotopic (exact) mass is 220 g/mol. The Morgan fingerprint density at radius 1 is 1.56 bits per heavy atom. The van der Waals surface area contributed by atoms with E-state index in [-0.39, 0.29) is 12.5 Å². The molecule has 0 spiro atoms. The number of hydrogen-bond acceptors (Lipinski definition) is 4. The van der Waals surface area contributed by atoms with Crippen molar-refractivity contribution in [3.05, 3.63) is 18.2 Å². The summed E-state index contributed by atoms with van der Waals surface area (Å²) in [6, 6.07) is 5.02. The fourth-order valence-corrected chi connectivity index (χ4v) is 1.69. The minimum atomic E-state index is -0.573. The van der Waals surface area contributed by atoms with Gasteiger partial charge in [0.2, 0.25) is 0 Å². The number of aldehydes is 1. The van der Waals surface area contributed by atoms with Crippen molar-refractivity contribution in [2.45, 2.75) is 13.0 Å². The maximum atomic E-state index is 11.8. The summed E-state index contributed by atoms with van der Waals surface area (Å²) < 4.78 is 5.41. The molecule has 1 aliphatic heterocycles. The highest BCUT2D eigenvalue weighted by Gasteiger charge is 2.31. The van der Waals surface area contributed by atoms with Crippen LogP contribution >= 0.6 is 0 Å². The summed E-state index contributed by atoms with van der Waals surface area (Å²) >= 11 is 0. The smallest absolute Gasteiger partial charge is 0.268 e. The average Bonchev–Trinajstić information content (AvgIpc) is 2.26. The highest BCUT2D eigenvalue weighted by atomic mass is 16.5. The third kappa shape index (κ3) is 1.60. The maximum absolute atomic E-state index is 11.8. The number of nitrogens with zero attached hydrogens (tertiary/aromatic N) is 1. The number of nitrogen functional groups attached to an aromatic ring is 1. The molecule has 0 aromatic heterocycles. The third-order valence-corrected chi connectivity index (χ3v) is 2.45. The largest absolute Gasteiger partial charge is 0.479 e. The van der Waals surface area contributed by atoms with E-state index < -0.39 is 6.10 Å². The van der Waals surface area contributed by atoms with Crippen molar-refractivity contribution in [3.8, 4) is 5.75 Å². The lowest BCUT2D eigenvalue weighted by molar-refractivity contribution is -0.126. The minimum absolute atomic E-state index is 0.0169. The second kappa shape index (κ2) is 3.84. The van der Waals surface area contributed by atoms with Crippen LogP contribution in [0.1, 0.15) is 6.92 Å². The zero-order valence-corrected chi connectivity index (χ0v) is 8.84. The molecule has 1 aliphatic rings. The normalized spacial score (nSPS) is 18.9. The van der Waals surface area contributed by atoms with Gasteiger partial charge in [0.15, 0.2) is 6.10 Å². The van der Waals surface area contributed by atoms with Crippen molar-refractivity contribution in [1.29, 1.82) is 0 Å². The number of carbonyl (C=O) groups excluding carboxylic acids is 2. The Morgan fingerprint density at radius 3 is 3.00 bits per heavy atom. The van der Waals surface area contributed by atoms with Crippen LogP contribution in [0.2, 0.25) is 0 Å². The first-order valence-electron chi connectivity index (χ1n) is 4.94. The number of anilines is 2. The summed E-state index contributed by atoms with van der Waals surface area (Å²) in [6.45, 7) is 1.67. The highest BCUT2D eigenvalue weighted by molar-refractivity contribution is 6.02. The van der Waals surface area contributed by atoms with E-state index in [9.17, 15) is 9.59 Å². The Balaban J connectivity index is 2.48. The van der Waals surface area contributed by atoms with Gasteiger partial charge in [-0.2, -0.15) is 0 Å². The lowest BCUT2D eigenvalue weighted by Gasteiger charge is -2.31. The molecule has 16 heavy (non-hydrogen) atoms. The van der Waals surface area contributed by atoms with Crippen LogP contribution in [0.5, 0.6) is 5.75 Å². The molecule has 1 aromatic rings. The Kier molecular flexibility index (Phi) is 2.52. The molecule has 1 aromatic carbocycles. The van der Waals surface area contributed by atoms with Crippen LogP contribution in [0.15, 0.2) is 18.2 Å². The van der Waals surface area contributed by atoms with Crippen molar-refractivity contribution in [3.63, 3.8) is 0 Å². The summed E-state index contributed by atoms with van der Waals surface area (Å²) in [5, 5.41) is 0. The zero-order chi connectivity index (χ0) is 11.7. The topological polar surface area (TPSA) is 72.6 Å². The summed E-state index contributed by atoms with van der Waals surface area (Å²) in [5.41, 5.74) is 6.72. The van der Waals surface area contributed by atoms with E-state index in [1.165, 1.54) is 4.90 Å². The molecule has 0 radical (unpaired) electrons. The first-order chi connectivity index (χ1) is 7.63. The molecule has 1 heterocycles. The van der Waals surface area contributed by atoms with E-state index >= 15 is 0 Å². The molecule has 2 rings (SSSR count). The quantitative estimate of drug-likeness (QED) is 0.584. The van der Waals surface area contributed by atoms with Gasteiger partial charge >= 0.3 is 0 Å². The van der Waals surface area contributed by atoms with Crippen molar-refractivity contribution < 1.29 is 14.3 Å². The van der Waals surface area contributed by atoms with Gasteiger partial charge in [-0.15, -0.1) is 0 Å². The number of hydrogen-bond donors (Lipinski definition) is 1. The number of rotatable bonds is 2. The molecule has 0 bridgehead atoms. The molecule has 5 heteroatoms. The van der Waals surface area contributed by atoms with Gasteiger partial charge < -0.3 is 15.3 Å². The van der Waals surface area contributed by atoms with Gasteiger partial charge in [-0.25, -0.2) is 0 Å². The van der Waals surface area contributed by atoms with Gasteiger partial charge in [-0.1, -0.05) is 0 Å². The van der Waals surface area contributed by atoms with Crippen LogP contribution in [0.4, 0.5) is 11.4 Å². The molecule has 1 amide bonds. The lowest BCUT2D eigenvalue weighted by atomic mass is 10.1. The van der Waals surface area contributed by atoms with Crippen molar-refractivity contribution in [1.82, 2.24) is 0 Å². The van der Waals surface area contributed by atoms with Crippen molar-refractivity contribution in [2.75, 3.05) is 17.2 Å². The van der Waals surface area contributed by atoms with E-state index in [1.54, 1.807) is 25.1 Å². The average molecular weight is 220 g/mol. The number of fused-ring (bicyclic) bond motifs is 1. The zero-order valence-electron chi connectivity index (χ0n) is 8.84. The summed E-state index contributed by atoms with van der Waals surface area (Å²) in [6.07, 6.45) is 0.110. The van der Waals surface area contributed by atoms with Gasteiger partial charge in [0, 0.05) is 5.69 Å². The summed E-state index contributed by atoms with van der Waals surface area (Å²) in [5.74, 6) is 0.341. The predicted molar refractivity (Wildman–Crippen MR) is 59.4 cm³/mol. The van der Waals surface area contributed by atoms with Crippen LogP contribution in [-0.4, -0.2) is 24.8 Å². The number of amides is 1. The molecular weight excluding hydrogens is 208 g/mol. The number of ether oxygens (including phenoxy) is 1. The van der Waals surface area contributed by atoms with Crippen LogP contribution < -0.4 is 15.4 Å². The summed E-state index contributed by atoms with van der Waals surface area (Å²) in [4.78, 5) is 23.7. The van der Waals surface area contributed by atoms with Crippen LogP contribution in [0, 0.1) is 0 Å². The van der Waals surface area contributed by atoms with E-state index in [1.807, 2.05) is 0 Å². The van der Waals surface area contributed by atoms with Gasteiger partial charge in [0.1, 0.15) is 12.0 Å². The molecule has 0 saturated carbocycles. The standard InChI is InChI=1S/C11H12N2O3/c1-7-11(15)13(4-5-14)9-6-8(12)2-3-10(9)16-7/h2-3,5-7H,4,12H2,1H3. The Labute approximate surface area is 92.8 Å². The Morgan fingerprint density at radius 2 is 2.31 bits per heavy atom. The van der Waals surface area contributed by atoms with Gasteiger partial charge in [0.25, 0.3) is 5.91 Å². The molecule has 84 valence electrons. The lowest BCUT2D eigenvalue weighted by Crippen LogP contribution is -2.45. The first kappa shape index (κ1) is 10.5. The van der Waals surface area contributed by atoms with E-state index in [0.717, 1.165) is 0 Å². The molecule has 0 saturated heterocycles. The number of carbonyl (C=O) groups is 2. The second-order valence-electron chi connectivity index (χ2n) is 3.60. The molecule has 5 nitrogen and oxygen atoms in total. The third-order valence-electron chi connectivity index (χ3n) is 2.45. The fourth-order valence-electron chi connectivity index (χ4n) is 1.69. The summed E-state index contributed by atoms with van der Waals surface area (Å²) in [7, 11) is 0. The van der Waals surface area contributed by atoms with Crippen LogP contribution in [0.25, 0.3) is 0 Å². The Hall–Kier alpha value is -2.04. The van der Waals surface area contributed by atoms with Gasteiger partial charge in [0.05, 0.1) is 12.2 Å². The number of nitrogens with two attached hydrogens (primary N) is 1. The maximum Gasteiger partial charge on any atom is 0.268 e. The molecule has 2 N–H and O–H groups in total. The molecular formula is C11H12N2O3. The number of benzene rings is 1. The van der Waals surface area contributed by atoms with Gasteiger partial charge in [-0.05, 0) is 25.1 Å². The fraction of sp³-hybridized carbons (Fsp3) is 0.273. The molecule has 1 unspecified atom stereocenters. The first-order valence-corrected chi connectivity index (χ1v) is 4.94. The van der Waals surface area contributed by atoms with E-state index in [4.69, 9.17) is 10.5 Å².